The zero-order valence-corrected chi connectivity index (χ0v) is 13.0. The third-order valence-electron chi connectivity index (χ3n) is 3.11. The topological polar surface area (TPSA) is 43.3 Å². The Morgan fingerprint density at radius 1 is 1.00 bits per heavy atom. The molecule has 0 radical (unpaired) electrons. The van der Waals surface area contributed by atoms with Crippen LogP contribution in [0.5, 0.6) is 0 Å². The van der Waals surface area contributed by atoms with Crippen molar-refractivity contribution in [2.24, 2.45) is 0 Å². The quantitative estimate of drug-likeness (QED) is 0.639. The van der Waals surface area contributed by atoms with E-state index in [-0.39, 0.29) is 42.0 Å². The monoisotopic (exact) mass is 367 g/mol. The molecule has 0 spiro atoms. The minimum absolute atomic E-state index is 0. The number of halogens is 6. The van der Waals surface area contributed by atoms with Gasteiger partial charge < -0.3 is 5.73 Å². The van der Waals surface area contributed by atoms with Gasteiger partial charge in [0.15, 0.2) is 5.65 Å². The molecular formula is C14H11Cl2F4N3. The van der Waals surface area contributed by atoms with Gasteiger partial charge in [0.1, 0.15) is 17.3 Å². The van der Waals surface area contributed by atoms with Gasteiger partial charge in [-0.15, -0.1) is 24.8 Å². The van der Waals surface area contributed by atoms with Crippen LogP contribution in [0.4, 0.5) is 23.4 Å². The van der Waals surface area contributed by atoms with E-state index in [2.05, 4.69) is 4.98 Å². The SMILES string of the molecule is Cl.Cl.Nc1c(-c2ccc(F)cc2)nc2c(C(F)(F)F)cccn12. The predicted octanol–water partition coefficient (Wildman–Crippen LogP) is 4.59. The number of nitrogens with two attached hydrogens (primary N) is 1. The van der Waals surface area contributed by atoms with Gasteiger partial charge in [-0.05, 0) is 36.4 Å². The summed E-state index contributed by atoms with van der Waals surface area (Å²) >= 11 is 0. The first kappa shape index (κ1) is 19.1. The van der Waals surface area contributed by atoms with Crippen LogP contribution in [0.25, 0.3) is 16.9 Å². The highest BCUT2D eigenvalue weighted by atomic mass is 35.5. The van der Waals surface area contributed by atoms with Gasteiger partial charge in [0.05, 0.1) is 5.56 Å². The van der Waals surface area contributed by atoms with E-state index in [0.29, 0.717) is 5.56 Å². The number of pyridine rings is 1. The third-order valence-corrected chi connectivity index (χ3v) is 3.11. The maximum Gasteiger partial charge on any atom is 0.419 e. The van der Waals surface area contributed by atoms with Crippen LogP contribution < -0.4 is 5.73 Å². The van der Waals surface area contributed by atoms with E-state index in [1.54, 1.807) is 0 Å². The predicted molar refractivity (Wildman–Crippen MR) is 84.5 cm³/mol. The molecule has 0 aliphatic carbocycles. The Morgan fingerprint density at radius 2 is 1.61 bits per heavy atom. The smallest absolute Gasteiger partial charge is 0.383 e. The van der Waals surface area contributed by atoms with Crippen molar-refractivity contribution in [2.45, 2.75) is 6.18 Å². The normalized spacial score (nSPS) is 11.0. The molecule has 2 aromatic heterocycles. The molecule has 2 N–H and O–H groups in total. The number of nitrogen functional groups attached to an aromatic ring is 1. The van der Waals surface area contributed by atoms with Gasteiger partial charge in [-0.3, -0.25) is 4.40 Å². The second kappa shape index (κ2) is 6.64. The average Bonchev–Trinajstić information content (AvgIpc) is 2.76. The summed E-state index contributed by atoms with van der Waals surface area (Å²) in [7, 11) is 0. The fraction of sp³-hybridized carbons (Fsp3) is 0.0714. The van der Waals surface area contributed by atoms with Crippen molar-refractivity contribution in [2.75, 3.05) is 5.73 Å². The van der Waals surface area contributed by atoms with E-state index in [0.717, 1.165) is 6.07 Å². The molecule has 3 nitrogen and oxygen atoms in total. The van der Waals surface area contributed by atoms with E-state index in [4.69, 9.17) is 5.73 Å². The molecule has 9 heteroatoms. The largest absolute Gasteiger partial charge is 0.419 e. The van der Waals surface area contributed by atoms with E-state index >= 15 is 0 Å². The summed E-state index contributed by atoms with van der Waals surface area (Å²) in [4.78, 5) is 3.97. The molecular weight excluding hydrogens is 357 g/mol. The van der Waals surface area contributed by atoms with Crippen molar-refractivity contribution >= 4 is 36.3 Å². The molecule has 3 aromatic rings. The Hall–Kier alpha value is -1.99. The van der Waals surface area contributed by atoms with Crippen LogP contribution in [-0.4, -0.2) is 9.38 Å². The highest BCUT2D eigenvalue weighted by Crippen LogP contribution is 2.35. The summed E-state index contributed by atoms with van der Waals surface area (Å²) < 4.78 is 53.0. The van der Waals surface area contributed by atoms with Crippen LogP contribution in [0.2, 0.25) is 0 Å². The fourth-order valence-electron chi connectivity index (χ4n) is 2.13. The Kier molecular flexibility index (Phi) is 5.50. The Morgan fingerprint density at radius 3 is 2.17 bits per heavy atom. The first-order valence-electron chi connectivity index (χ1n) is 5.97. The number of nitrogens with zero attached hydrogens (tertiary/aromatic N) is 2. The highest BCUT2D eigenvalue weighted by Gasteiger charge is 2.34. The van der Waals surface area contributed by atoms with Gasteiger partial charge in [0, 0.05) is 11.8 Å². The summed E-state index contributed by atoms with van der Waals surface area (Å²) in [5, 5.41) is 0. The fourth-order valence-corrected chi connectivity index (χ4v) is 2.13. The lowest BCUT2D eigenvalue weighted by Gasteiger charge is -2.07. The van der Waals surface area contributed by atoms with Crippen LogP contribution in [0.3, 0.4) is 0 Å². The van der Waals surface area contributed by atoms with Crippen molar-refractivity contribution < 1.29 is 17.6 Å². The number of anilines is 1. The second-order valence-corrected chi connectivity index (χ2v) is 4.47. The summed E-state index contributed by atoms with van der Waals surface area (Å²) in [6.45, 7) is 0. The Bertz CT molecular complexity index is 813. The molecule has 0 atom stereocenters. The number of rotatable bonds is 1. The van der Waals surface area contributed by atoms with Crippen molar-refractivity contribution in [1.29, 1.82) is 0 Å². The lowest BCUT2D eigenvalue weighted by atomic mass is 10.1. The van der Waals surface area contributed by atoms with Crippen LogP contribution in [-0.2, 0) is 6.18 Å². The molecule has 3 rings (SSSR count). The maximum absolute atomic E-state index is 13.0. The molecule has 0 saturated carbocycles. The molecule has 0 unspecified atom stereocenters. The van der Waals surface area contributed by atoms with Gasteiger partial charge in [0.25, 0.3) is 0 Å². The van der Waals surface area contributed by atoms with Gasteiger partial charge in [0.2, 0.25) is 0 Å². The van der Waals surface area contributed by atoms with Crippen molar-refractivity contribution in [3.8, 4) is 11.3 Å². The van der Waals surface area contributed by atoms with Crippen LogP contribution >= 0.6 is 24.8 Å². The van der Waals surface area contributed by atoms with Gasteiger partial charge in [-0.25, -0.2) is 9.37 Å². The first-order chi connectivity index (χ1) is 9.88. The highest BCUT2D eigenvalue weighted by molar-refractivity contribution is 5.85. The minimum Gasteiger partial charge on any atom is -0.383 e. The summed E-state index contributed by atoms with van der Waals surface area (Å²) in [6.07, 6.45) is -3.12. The molecule has 0 bridgehead atoms. The number of benzene rings is 1. The standard InChI is InChI=1S/C14H9F4N3.2ClH/c15-9-5-3-8(4-6-9)11-12(19)21-7-1-2-10(13(21)20-11)14(16,17)18;;/h1-7H,19H2;2*1H. The lowest BCUT2D eigenvalue weighted by molar-refractivity contribution is -0.136. The van der Waals surface area contributed by atoms with Gasteiger partial charge >= 0.3 is 6.18 Å². The Balaban J connectivity index is 0.00000132. The van der Waals surface area contributed by atoms with Crippen LogP contribution in [0, 0.1) is 5.82 Å². The zero-order chi connectivity index (χ0) is 15.2. The molecule has 0 saturated heterocycles. The van der Waals surface area contributed by atoms with Crippen LogP contribution in [0.1, 0.15) is 5.56 Å². The van der Waals surface area contributed by atoms with E-state index < -0.39 is 17.6 Å². The molecule has 23 heavy (non-hydrogen) atoms. The molecule has 124 valence electrons. The van der Waals surface area contributed by atoms with Crippen LogP contribution in [0.15, 0.2) is 42.6 Å². The first-order valence-corrected chi connectivity index (χ1v) is 5.97. The van der Waals surface area contributed by atoms with Crippen molar-refractivity contribution in [3.05, 3.63) is 54.0 Å². The number of hydrogen-bond donors (Lipinski definition) is 1. The molecule has 0 aliphatic heterocycles. The number of imidazole rings is 1. The van der Waals surface area contributed by atoms with Crippen molar-refractivity contribution in [3.63, 3.8) is 0 Å². The maximum atomic E-state index is 13.0. The second-order valence-electron chi connectivity index (χ2n) is 4.47. The third kappa shape index (κ3) is 3.35. The molecule has 0 aliphatic rings. The lowest BCUT2D eigenvalue weighted by Crippen LogP contribution is -2.07. The summed E-state index contributed by atoms with van der Waals surface area (Å²) in [5.74, 6) is -0.375. The zero-order valence-electron chi connectivity index (χ0n) is 11.3. The van der Waals surface area contributed by atoms with E-state index in [9.17, 15) is 17.6 Å². The number of alkyl halides is 3. The number of fused-ring (bicyclic) bond motifs is 1. The Labute approximate surface area is 140 Å². The minimum atomic E-state index is -4.53. The average molecular weight is 368 g/mol. The molecule has 2 heterocycles. The molecule has 1 aromatic carbocycles. The summed E-state index contributed by atoms with van der Waals surface area (Å²) in [5.41, 5.74) is 5.35. The number of hydrogen-bond acceptors (Lipinski definition) is 2. The van der Waals surface area contributed by atoms with E-state index in [1.165, 1.54) is 40.9 Å². The van der Waals surface area contributed by atoms with Gasteiger partial charge in [-0.1, -0.05) is 0 Å². The molecule has 0 fully saturated rings. The van der Waals surface area contributed by atoms with E-state index in [1.807, 2.05) is 0 Å². The van der Waals surface area contributed by atoms with Gasteiger partial charge in [-0.2, -0.15) is 13.2 Å². The number of aromatic nitrogens is 2. The molecule has 0 amide bonds. The summed E-state index contributed by atoms with van der Waals surface area (Å²) in [6, 6.07) is 7.42. The van der Waals surface area contributed by atoms with Crippen molar-refractivity contribution in [1.82, 2.24) is 9.38 Å².